The third-order valence-electron chi connectivity index (χ3n) is 3.29. The summed E-state index contributed by atoms with van der Waals surface area (Å²) in [6, 6.07) is 0. The third-order valence-corrected chi connectivity index (χ3v) is 3.29. The molecule has 1 heteroatoms. The highest BCUT2D eigenvalue weighted by Crippen LogP contribution is 2.46. The van der Waals surface area contributed by atoms with Gasteiger partial charge in [0.25, 0.3) is 0 Å². The van der Waals surface area contributed by atoms with Crippen LogP contribution < -0.4 is 0 Å². The lowest BCUT2D eigenvalue weighted by molar-refractivity contribution is -0.112. The molecular weight excluding hydrogens is 160 g/mol. The maximum atomic E-state index is 10.9. The molecule has 0 amide bonds. The summed E-state index contributed by atoms with van der Waals surface area (Å²) in [5.74, 6) is 2.36. The molecule has 1 nitrogen and oxygen atoms in total. The van der Waals surface area contributed by atoms with E-state index in [1.54, 1.807) is 13.0 Å². The molecule has 2 bridgehead atoms. The first-order valence-corrected chi connectivity index (χ1v) is 5.04. The highest BCUT2D eigenvalue weighted by Gasteiger charge is 2.36. The number of hydrogen-bond acceptors (Lipinski definition) is 1. The predicted octanol–water partition coefficient (Wildman–Crippen LogP) is 2.73. The molecule has 0 aromatic carbocycles. The van der Waals surface area contributed by atoms with Gasteiger partial charge in [-0.05, 0) is 50.5 Å². The summed E-state index contributed by atoms with van der Waals surface area (Å²) < 4.78 is 0. The largest absolute Gasteiger partial charge is 0.295 e. The molecule has 1 saturated carbocycles. The molecule has 0 aromatic rings. The molecule has 2 rings (SSSR count). The molecule has 0 aliphatic heterocycles. The zero-order valence-corrected chi connectivity index (χ0v) is 8.29. The van der Waals surface area contributed by atoms with Gasteiger partial charge in [0.2, 0.25) is 0 Å². The average molecular weight is 176 g/mol. The van der Waals surface area contributed by atoms with Crippen LogP contribution in [0.5, 0.6) is 0 Å². The number of hydrogen-bond donors (Lipinski definition) is 0. The van der Waals surface area contributed by atoms with E-state index in [-0.39, 0.29) is 5.78 Å². The van der Waals surface area contributed by atoms with Crippen molar-refractivity contribution < 1.29 is 4.79 Å². The Bertz CT molecular complexity index is 285. The van der Waals surface area contributed by atoms with E-state index >= 15 is 0 Å². The topological polar surface area (TPSA) is 17.1 Å². The second-order valence-corrected chi connectivity index (χ2v) is 4.39. The Morgan fingerprint density at radius 1 is 1.31 bits per heavy atom. The fraction of sp³-hybridized carbons (Fsp3) is 0.583. The van der Waals surface area contributed by atoms with Gasteiger partial charge in [0.05, 0.1) is 0 Å². The van der Waals surface area contributed by atoms with E-state index in [1.807, 2.05) is 0 Å². The lowest BCUT2D eigenvalue weighted by Crippen LogP contribution is -2.09. The fourth-order valence-corrected chi connectivity index (χ4v) is 2.73. The maximum absolute atomic E-state index is 10.9. The number of fused-ring (bicyclic) bond motifs is 2. The van der Waals surface area contributed by atoms with Gasteiger partial charge >= 0.3 is 0 Å². The van der Waals surface area contributed by atoms with Crippen molar-refractivity contribution in [3.63, 3.8) is 0 Å². The molecule has 3 unspecified atom stereocenters. The molecule has 0 saturated heterocycles. The summed E-state index contributed by atoms with van der Waals surface area (Å²) in [6.07, 6.45) is 9.04. The Kier molecular flexibility index (Phi) is 2.10. The average Bonchev–Trinajstić information content (AvgIpc) is 2.62. The van der Waals surface area contributed by atoms with Crippen molar-refractivity contribution >= 4 is 5.78 Å². The van der Waals surface area contributed by atoms with Crippen LogP contribution in [0.15, 0.2) is 23.8 Å². The third kappa shape index (κ3) is 1.60. The smallest absolute Gasteiger partial charge is 0.152 e. The molecule has 0 heterocycles. The van der Waals surface area contributed by atoms with E-state index in [2.05, 4.69) is 19.1 Å². The van der Waals surface area contributed by atoms with Crippen molar-refractivity contribution in [1.82, 2.24) is 0 Å². The van der Waals surface area contributed by atoms with Gasteiger partial charge in [-0.25, -0.2) is 0 Å². The second kappa shape index (κ2) is 3.13. The molecule has 1 fully saturated rings. The van der Waals surface area contributed by atoms with Crippen LogP contribution in [-0.2, 0) is 4.79 Å². The second-order valence-electron chi connectivity index (χ2n) is 4.39. The van der Waals surface area contributed by atoms with Crippen molar-refractivity contribution in [2.45, 2.75) is 26.7 Å². The van der Waals surface area contributed by atoms with Crippen LogP contribution in [0.3, 0.4) is 0 Å². The summed E-state index contributed by atoms with van der Waals surface area (Å²) in [5, 5.41) is 0. The minimum atomic E-state index is 0.184. The molecule has 13 heavy (non-hydrogen) atoms. The van der Waals surface area contributed by atoms with Crippen molar-refractivity contribution in [2.24, 2.45) is 17.8 Å². The van der Waals surface area contributed by atoms with Gasteiger partial charge in [0.1, 0.15) is 0 Å². The molecular formula is C12H16O. The highest BCUT2D eigenvalue weighted by molar-refractivity contribution is 5.87. The lowest BCUT2D eigenvalue weighted by atomic mass is 9.87. The van der Waals surface area contributed by atoms with E-state index in [0.29, 0.717) is 5.92 Å². The quantitative estimate of drug-likeness (QED) is 0.467. The standard InChI is InChI=1S/C12H16O/c1-8(5-9(2)13)12-7-10-3-4-11(12)6-10/h3-5,10-12H,6-7H2,1-2H3/b8-5+. The summed E-state index contributed by atoms with van der Waals surface area (Å²) >= 11 is 0. The molecule has 0 aromatic heterocycles. The highest BCUT2D eigenvalue weighted by atomic mass is 16.1. The Morgan fingerprint density at radius 3 is 2.54 bits per heavy atom. The minimum Gasteiger partial charge on any atom is -0.295 e. The number of carbonyl (C=O) groups excluding carboxylic acids is 1. The SMILES string of the molecule is CC(=O)/C=C(\C)C1CC2C=CC1C2. The molecule has 2 aliphatic rings. The summed E-state index contributed by atoms with van der Waals surface area (Å²) in [4.78, 5) is 10.9. The van der Waals surface area contributed by atoms with Crippen LogP contribution >= 0.6 is 0 Å². The first kappa shape index (κ1) is 8.74. The van der Waals surface area contributed by atoms with Crippen molar-refractivity contribution in [1.29, 1.82) is 0 Å². The number of ketones is 1. The van der Waals surface area contributed by atoms with E-state index in [9.17, 15) is 4.79 Å². The monoisotopic (exact) mass is 176 g/mol. The Balaban J connectivity index is 2.11. The first-order valence-electron chi connectivity index (χ1n) is 5.04. The molecule has 0 N–H and O–H groups in total. The normalized spacial score (nSPS) is 37.1. The molecule has 0 radical (unpaired) electrons. The van der Waals surface area contributed by atoms with E-state index in [1.165, 1.54) is 18.4 Å². The Morgan fingerprint density at radius 2 is 2.08 bits per heavy atom. The summed E-state index contributed by atoms with van der Waals surface area (Å²) in [5.41, 5.74) is 1.28. The molecule has 0 spiro atoms. The van der Waals surface area contributed by atoms with Gasteiger partial charge in [-0.2, -0.15) is 0 Å². The summed E-state index contributed by atoms with van der Waals surface area (Å²) in [7, 11) is 0. The summed E-state index contributed by atoms with van der Waals surface area (Å²) in [6.45, 7) is 3.73. The van der Waals surface area contributed by atoms with Crippen LogP contribution in [0, 0.1) is 17.8 Å². The van der Waals surface area contributed by atoms with Gasteiger partial charge in [0.15, 0.2) is 5.78 Å². The fourth-order valence-electron chi connectivity index (χ4n) is 2.73. The van der Waals surface area contributed by atoms with Crippen molar-refractivity contribution in [3.05, 3.63) is 23.8 Å². The van der Waals surface area contributed by atoms with Gasteiger partial charge in [0, 0.05) is 0 Å². The zero-order chi connectivity index (χ0) is 9.42. The maximum Gasteiger partial charge on any atom is 0.152 e. The Labute approximate surface area is 79.5 Å². The predicted molar refractivity (Wildman–Crippen MR) is 53.3 cm³/mol. The first-order chi connectivity index (χ1) is 6.16. The van der Waals surface area contributed by atoms with Crippen LogP contribution in [0.1, 0.15) is 26.7 Å². The van der Waals surface area contributed by atoms with Crippen molar-refractivity contribution in [2.75, 3.05) is 0 Å². The molecule has 70 valence electrons. The van der Waals surface area contributed by atoms with Gasteiger partial charge in [-0.15, -0.1) is 0 Å². The molecule has 3 atom stereocenters. The molecule has 2 aliphatic carbocycles. The van der Waals surface area contributed by atoms with Gasteiger partial charge < -0.3 is 0 Å². The van der Waals surface area contributed by atoms with E-state index in [0.717, 1.165) is 11.8 Å². The Hall–Kier alpha value is -0.850. The van der Waals surface area contributed by atoms with Crippen LogP contribution in [0.25, 0.3) is 0 Å². The number of allylic oxidation sites excluding steroid dienone is 4. The lowest BCUT2D eigenvalue weighted by Gasteiger charge is -2.18. The van der Waals surface area contributed by atoms with Gasteiger partial charge in [-0.3, -0.25) is 4.79 Å². The van der Waals surface area contributed by atoms with Gasteiger partial charge in [-0.1, -0.05) is 17.7 Å². The minimum absolute atomic E-state index is 0.184. The van der Waals surface area contributed by atoms with E-state index < -0.39 is 0 Å². The number of rotatable bonds is 2. The number of carbonyl (C=O) groups is 1. The van der Waals surface area contributed by atoms with Crippen LogP contribution in [0.4, 0.5) is 0 Å². The van der Waals surface area contributed by atoms with Crippen LogP contribution in [-0.4, -0.2) is 5.78 Å². The van der Waals surface area contributed by atoms with E-state index in [4.69, 9.17) is 0 Å². The van der Waals surface area contributed by atoms with Crippen LogP contribution in [0.2, 0.25) is 0 Å². The zero-order valence-electron chi connectivity index (χ0n) is 8.29. The van der Waals surface area contributed by atoms with Crippen molar-refractivity contribution in [3.8, 4) is 0 Å².